The average molecular weight is 343 g/mol. The van der Waals surface area contributed by atoms with E-state index in [0.29, 0.717) is 13.0 Å². The van der Waals surface area contributed by atoms with Crippen LogP contribution in [0.25, 0.3) is 0 Å². The Labute approximate surface area is 138 Å². The first-order chi connectivity index (χ1) is 11.4. The first kappa shape index (κ1) is 17.1. The van der Waals surface area contributed by atoms with Crippen molar-refractivity contribution in [3.05, 3.63) is 0 Å². The van der Waals surface area contributed by atoms with Gasteiger partial charge in [-0.15, -0.1) is 0 Å². The molecule has 6 atom stereocenters. The molecule has 24 heavy (non-hydrogen) atoms. The van der Waals surface area contributed by atoms with Crippen molar-refractivity contribution >= 4 is 18.0 Å². The quantitative estimate of drug-likeness (QED) is 0.592. The number of hydrogen-bond acceptors (Lipinski definition) is 7. The summed E-state index contributed by atoms with van der Waals surface area (Å²) in [5.41, 5.74) is 0. The Morgan fingerprint density at radius 1 is 1.29 bits per heavy atom. The van der Waals surface area contributed by atoms with E-state index in [0.717, 1.165) is 4.90 Å². The number of hydrogen-bond donors (Lipinski definition) is 1. The molecule has 0 aromatic carbocycles. The third kappa shape index (κ3) is 2.99. The highest BCUT2D eigenvalue weighted by molar-refractivity contribution is 6.02. The SMILES string of the molecule is CCOC1CC(C)C2C(O1)OC(N1C(=O)CCC1=O)C2OC(=O)O. The second-order valence-electron chi connectivity index (χ2n) is 6.21. The normalized spacial score (nSPS) is 39.2. The first-order valence-corrected chi connectivity index (χ1v) is 8.09. The standard InChI is InChI=1S/C15H21NO8/c1-3-21-10-6-7(2)11-12(23-15(19)20)13(24-14(11)22-10)16-8(17)4-5-9(16)18/h7,10-14H,3-6H2,1-2H3,(H,19,20). The van der Waals surface area contributed by atoms with Gasteiger partial charge in [-0.1, -0.05) is 6.92 Å². The molecule has 0 aliphatic carbocycles. The zero-order valence-corrected chi connectivity index (χ0v) is 13.5. The van der Waals surface area contributed by atoms with Crippen molar-refractivity contribution in [1.29, 1.82) is 0 Å². The molecule has 9 nitrogen and oxygen atoms in total. The highest BCUT2D eigenvalue weighted by atomic mass is 16.8. The lowest BCUT2D eigenvalue weighted by Gasteiger charge is -2.36. The lowest BCUT2D eigenvalue weighted by Crippen LogP contribution is -2.49. The molecule has 3 heterocycles. The van der Waals surface area contributed by atoms with Crippen molar-refractivity contribution < 1.29 is 38.4 Å². The van der Waals surface area contributed by atoms with Gasteiger partial charge in [0.15, 0.2) is 24.9 Å². The van der Waals surface area contributed by atoms with Crippen LogP contribution in [-0.4, -0.2) is 59.5 Å². The predicted molar refractivity (Wildman–Crippen MR) is 76.4 cm³/mol. The van der Waals surface area contributed by atoms with E-state index in [1.54, 1.807) is 0 Å². The molecule has 0 aromatic rings. The van der Waals surface area contributed by atoms with Gasteiger partial charge in [-0.2, -0.15) is 0 Å². The van der Waals surface area contributed by atoms with Gasteiger partial charge in [0.25, 0.3) is 0 Å². The van der Waals surface area contributed by atoms with E-state index >= 15 is 0 Å². The van der Waals surface area contributed by atoms with Gasteiger partial charge in [0.2, 0.25) is 11.8 Å². The van der Waals surface area contributed by atoms with Gasteiger partial charge in [-0.25, -0.2) is 4.79 Å². The van der Waals surface area contributed by atoms with Crippen molar-refractivity contribution in [2.75, 3.05) is 6.61 Å². The van der Waals surface area contributed by atoms with E-state index in [1.165, 1.54) is 0 Å². The fourth-order valence-corrected chi connectivity index (χ4v) is 3.66. The van der Waals surface area contributed by atoms with E-state index in [-0.39, 0.29) is 18.8 Å². The summed E-state index contributed by atoms with van der Waals surface area (Å²) < 4.78 is 21.9. The molecule has 3 saturated heterocycles. The zero-order valence-electron chi connectivity index (χ0n) is 13.5. The van der Waals surface area contributed by atoms with E-state index in [9.17, 15) is 14.4 Å². The predicted octanol–water partition coefficient (Wildman–Crippen LogP) is 0.916. The monoisotopic (exact) mass is 343 g/mol. The van der Waals surface area contributed by atoms with E-state index < -0.39 is 48.8 Å². The van der Waals surface area contributed by atoms with Crippen LogP contribution in [0.2, 0.25) is 0 Å². The fourth-order valence-electron chi connectivity index (χ4n) is 3.66. The number of carbonyl (C=O) groups is 3. The van der Waals surface area contributed by atoms with Crippen molar-refractivity contribution in [3.8, 4) is 0 Å². The maximum absolute atomic E-state index is 12.0. The first-order valence-electron chi connectivity index (χ1n) is 8.09. The number of ether oxygens (including phenoxy) is 4. The summed E-state index contributed by atoms with van der Waals surface area (Å²) in [6.45, 7) is 4.23. The molecule has 134 valence electrons. The van der Waals surface area contributed by atoms with Crippen LogP contribution in [0.5, 0.6) is 0 Å². The topological polar surface area (TPSA) is 112 Å². The maximum atomic E-state index is 12.0. The van der Waals surface area contributed by atoms with Crippen LogP contribution in [-0.2, 0) is 28.5 Å². The molecular formula is C15H21NO8. The molecule has 0 aromatic heterocycles. The average Bonchev–Trinajstić information content (AvgIpc) is 2.99. The smallest absolute Gasteiger partial charge is 0.450 e. The van der Waals surface area contributed by atoms with E-state index in [2.05, 4.69) is 0 Å². The Hall–Kier alpha value is -1.71. The van der Waals surface area contributed by atoms with Gasteiger partial charge in [0.05, 0.1) is 5.92 Å². The van der Waals surface area contributed by atoms with Crippen molar-refractivity contribution in [1.82, 2.24) is 4.90 Å². The number of fused-ring (bicyclic) bond motifs is 1. The summed E-state index contributed by atoms with van der Waals surface area (Å²) in [4.78, 5) is 36.1. The van der Waals surface area contributed by atoms with Gasteiger partial charge in [-0.05, 0) is 12.8 Å². The Bertz CT molecular complexity index is 522. The molecular weight excluding hydrogens is 322 g/mol. The maximum Gasteiger partial charge on any atom is 0.506 e. The minimum Gasteiger partial charge on any atom is -0.450 e. The number of imide groups is 1. The van der Waals surface area contributed by atoms with Crippen LogP contribution in [0, 0.1) is 11.8 Å². The molecule has 3 fully saturated rings. The molecule has 9 heteroatoms. The lowest BCUT2D eigenvalue weighted by atomic mass is 9.84. The number of rotatable bonds is 4. The number of nitrogens with zero attached hydrogens (tertiary/aromatic N) is 1. The van der Waals surface area contributed by atoms with Crippen LogP contribution in [0.4, 0.5) is 4.79 Å². The lowest BCUT2D eigenvalue weighted by molar-refractivity contribution is -0.284. The highest BCUT2D eigenvalue weighted by Gasteiger charge is 2.57. The number of amides is 2. The van der Waals surface area contributed by atoms with Gasteiger partial charge < -0.3 is 24.1 Å². The van der Waals surface area contributed by atoms with Gasteiger partial charge >= 0.3 is 6.16 Å². The van der Waals surface area contributed by atoms with Crippen LogP contribution < -0.4 is 0 Å². The van der Waals surface area contributed by atoms with Crippen molar-refractivity contribution in [2.45, 2.75) is 58.0 Å². The third-order valence-electron chi connectivity index (χ3n) is 4.69. The van der Waals surface area contributed by atoms with Crippen LogP contribution >= 0.6 is 0 Å². The zero-order chi connectivity index (χ0) is 17.4. The van der Waals surface area contributed by atoms with Crippen molar-refractivity contribution in [3.63, 3.8) is 0 Å². The second-order valence-corrected chi connectivity index (χ2v) is 6.21. The molecule has 1 N–H and O–H groups in total. The molecule has 3 aliphatic heterocycles. The molecule has 0 radical (unpaired) electrons. The Kier molecular flexibility index (Phi) is 4.75. The van der Waals surface area contributed by atoms with Gasteiger partial charge in [-0.3, -0.25) is 14.5 Å². The molecule has 6 unspecified atom stereocenters. The summed E-state index contributed by atoms with van der Waals surface area (Å²) in [7, 11) is 0. The van der Waals surface area contributed by atoms with E-state index in [4.69, 9.17) is 24.1 Å². The Morgan fingerprint density at radius 3 is 2.54 bits per heavy atom. The summed E-state index contributed by atoms with van der Waals surface area (Å²) in [6.07, 6.45) is -4.09. The molecule has 2 amide bonds. The molecule has 3 rings (SSSR count). The summed E-state index contributed by atoms with van der Waals surface area (Å²) in [5, 5.41) is 9.05. The number of carboxylic acid groups (broad SMARTS) is 1. The van der Waals surface area contributed by atoms with E-state index in [1.807, 2.05) is 13.8 Å². The molecule has 0 spiro atoms. The fraction of sp³-hybridized carbons (Fsp3) is 0.800. The van der Waals surface area contributed by atoms with Crippen LogP contribution in [0.15, 0.2) is 0 Å². The molecule has 0 saturated carbocycles. The summed E-state index contributed by atoms with van der Waals surface area (Å²) in [6, 6.07) is 0. The Balaban J connectivity index is 1.85. The van der Waals surface area contributed by atoms with Gasteiger partial charge in [0, 0.05) is 25.9 Å². The van der Waals surface area contributed by atoms with Gasteiger partial charge in [0.1, 0.15) is 0 Å². The number of likely N-dealkylation sites (tertiary alicyclic amines) is 1. The summed E-state index contributed by atoms with van der Waals surface area (Å²) in [5.74, 6) is -1.22. The minimum atomic E-state index is -1.48. The Morgan fingerprint density at radius 2 is 1.96 bits per heavy atom. The highest BCUT2D eigenvalue weighted by Crippen LogP contribution is 2.43. The largest absolute Gasteiger partial charge is 0.506 e. The van der Waals surface area contributed by atoms with Crippen molar-refractivity contribution in [2.24, 2.45) is 11.8 Å². The second kappa shape index (κ2) is 6.66. The molecule has 3 aliphatic rings. The summed E-state index contributed by atoms with van der Waals surface area (Å²) >= 11 is 0. The minimum absolute atomic E-state index is 0.0255. The van der Waals surface area contributed by atoms with Crippen LogP contribution in [0.3, 0.4) is 0 Å². The third-order valence-corrected chi connectivity index (χ3v) is 4.69. The van der Waals surface area contributed by atoms with Crippen LogP contribution in [0.1, 0.15) is 33.1 Å². The number of carbonyl (C=O) groups excluding carboxylic acids is 2. The molecule has 0 bridgehead atoms.